The number of nitrogens with two attached hydrogens (primary N) is 1. The first-order valence-electron chi connectivity index (χ1n) is 11.8. The molecule has 0 radical (unpaired) electrons. The third-order valence-corrected chi connectivity index (χ3v) is 8.55. The molecule has 0 aliphatic carbocycles. The number of halogens is 3. The molecule has 8 nitrogen and oxygen atoms in total. The van der Waals surface area contributed by atoms with Crippen molar-refractivity contribution in [3.63, 3.8) is 0 Å². The van der Waals surface area contributed by atoms with Gasteiger partial charge in [0.1, 0.15) is 22.7 Å². The Morgan fingerprint density at radius 1 is 1.24 bits per heavy atom. The molecule has 12 heteroatoms. The molecule has 1 saturated heterocycles. The topological polar surface area (TPSA) is 108 Å². The average molecular weight is 553 g/mol. The molecule has 192 valence electrons. The van der Waals surface area contributed by atoms with Gasteiger partial charge in [-0.1, -0.05) is 24.2 Å². The zero-order valence-corrected chi connectivity index (χ0v) is 21.4. The Morgan fingerprint density at radius 2 is 2.03 bits per heavy atom. The van der Waals surface area contributed by atoms with E-state index in [2.05, 4.69) is 11.7 Å². The Kier molecular flexibility index (Phi) is 5.63. The summed E-state index contributed by atoms with van der Waals surface area (Å²) in [6, 6.07) is 5.42. The number of anilines is 1. The lowest BCUT2D eigenvalue weighted by molar-refractivity contribution is -0.128. The van der Waals surface area contributed by atoms with Crippen LogP contribution in [-0.2, 0) is 11.3 Å². The number of thiophene rings is 1. The van der Waals surface area contributed by atoms with Gasteiger partial charge in [-0.3, -0.25) is 14.3 Å². The van der Waals surface area contributed by atoms with Crippen molar-refractivity contribution in [1.82, 2.24) is 19.6 Å². The van der Waals surface area contributed by atoms with Gasteiger partial charge in [-0.25, -0.2) is 8.78 Å². The Morgan fingerprint density at radius 3 is 2.76 bits per heavy atom. The summed E-state index contributed by atoms with van der Waals surface area (Å²) in [5, 5.41) is 14.6. The van der Waals surface area contributed by atoms with Crippen molar-refractivity contribution in [2.24, 2.45) is 0 Å². The normalized spacial score (nSPS) is 17.3. The summed E-state index contributed by atoms with van der Waals surface area (Å²) in [7, 11) is 0. The number of nitriles is 1. The van der Waals surface area contributed by atoms with Crippen LogP contribution in [-0.4, -0.2) is 57.1 Å². The molecular weight excluding hydrogens is 534 g/mol. The largest absolute Gasteiger partial charge is 0.389 e. The molecular formula is C26H19ClF2N6O2S. The maximum Gasteiger partial charge on any atom is 0.256 e. The smallest absolute Gasteiger partial charge is 0.256 e. The molecule has 2 amide bonds. The first-order chi connectivity index (χ1) is 18.2. The fourth-order valence-corrected chi connectivity index (χ4v) is 6.76. The summed E-state index contributed by atoms with van der Waals surface area (Å²) in [4.78, 5) is 29.2. The number of amides is 2. The van der Waals surface area contributed by atoms with Crippen molar-refractivity contribution in [2.75, 3.05) is 25.4 Å². The maximum absolute atomic E-state index is 16.0. The first kappa shape index (κ1) is 24.3. The van der Waals surface area contributed by atoms with Crippen LogP contribution in [0.1, 0.15) is 22.3 Å². The molecule has 38 heavy (non-hydrogen) atoms. The minimum atomic E-state index is -0.763. The lowest BCUT2D eigenvalue weighted by atomic mass is 9.93. The number of rotatable bonds is 2. The molecule has 0 spiro atoms. The number of aromatic nitrogens is 2. The summed E-state index contributed by atoms with van der Waals surface area (Å²) in [5.74, 6) is -1.95. The second-order valence-electron chi connectivity index (χ2n) is 9.20. The van der Waals surface area contributed by atoms with Gasteiger partial charge in [-0.2, -0.15) is 10.4 Å². The molecule has 0 unspecified atom stereocenters. The number of aryl methyl sites for hydroxylation is 1. The molecule has 1 fully saturated rings. The zero-order valence-electron chi connectivity index (χ0n) is 19.8. The summed E-state index contributed by atoms with van der Waals surface area (Å²) < 4.78 is 32.4. The molecule has 2 aromatic heterocycles. The number of carbonyl (C=O) groups is 2. The van der Waals surface area contributed by atoms with E-state index in [1.165, 1.54) is 18.2 Å². The minimum Gasteiger partial charge on any atom is -0.389 e. The van der Waals surface area contributed by atoms with E-state index in [0.717, 1.165) is 17.4 Å². The van der Waals surface area contributed by atoms with Crippen molar-refractivity contribution in [1.29, 1.82) is 5.26 Å². The molecule has 2 N–H and O–H groups in total. The van der Waals surface area contributed by atoms with E-state index in [0.29, 0.717) is 31.6 Å². The molecule has 4 heterocycles. The molecule has 2 aliphatic heterocycles. The fourth-order valence-electron chi connectivity index (χ4n) is 5.54. The van der Waals surface area contributed by atoms with E-state index in [4.69, 9.17) is 17.3 Å². The van der Waals surface area contributed by atoms with Crippen LogP contribution in [0.25, 0.3) is 32.1 Å². The standard InChI is InChI=1S/C26H19ClF2N6O2S/c1-2-18(36)33-7-8-34-12(11-33)5-6-35-22-14(26(34)37)9-17(29)20(21(22)24(27)32-35)13-3-4-16(28)23-19(13)15(10-30)25(31)38-23/h2-4,9,12H,1,5-8,11,31H2/t12-/m0/s1. The Hall–Kier alpha value is -4.01. The average Bonchev–Trinajstić information content (AvgIpc) is 3.42. The van der Waals surface area contributed by atoms with Gasteiger partial charge in [-0.15, -0.1) is 11.3 Å². The second kappa shape index (κ2) is 8.79. The van der Waals surface area contributed by atoms with Gasteiger partial charge in [0.15, 0.2) is 5.15 Å². The van der Waals surface area contributed by atoms with E-state index in [-0.39, 0.29) is 66.4 Å². The summed E-state index contributed by atoms with van der Waals surface area (Å²) >= 11 is 7.50. The Labute approximate surface area is 224 Å². The van der Waals surface area contributed by atoms with Gasteiger partial charge in [-0.05, 0) is 30.2 Å². The van der Waals surface area contributed by atoms with Crippen LogP contribution >= 0.6 is 22.9 Å². The SMILES string of the molecule is C=CC(=O)N1CCN2C(=O)c3cc(F)c(-c4ccc(F)c5sc(N)c(C#N)c45)c4c(Cl)nn(c34)CC[C@H]2C1. The van der Waals surface area contributed by atoms with Gasteiger partial charge in [0.05, 0.1) is 32.8 Å². The van der Waals surface area contributed by atoms with E-state index in [1.807, 2.05) is 6.07 Å². The highest BCUT2D eigenvalue weighted by molar-refractivity contribution is 7.23. The minimum absolute atomic E-state index is 0.0191. The van der Waals surface area contributed by atoms with Gasteiger partial charge in [0.25, 0.3) is 5.91 Å². The number of benzene rings is 2. The molecule has 0 saturated carbocycles. The van der Waals surface area contributed by atoms with Crippen LogP contribution in [0, 0.1) is 23.0 Å². The maximum atomic E-state index is 16.0. The first-order valence-corrected chi connectivity index (χ1v) is 13.0. The molecule has 6 rings (SSSR count). The fraction of sp³-hybridized carbons (Fsp3) is 0.231. The highest BCUT2D eigenvalue weighted by Crippen LogP contribution is 2.46. The number of nitrogen functional groups attached to an aromatic ring is 1. The van der Waals surface area contributed by atoms with Crippen LogP contribution in [0.15, 0.2) is 30.9 Å². The van der Waals surface area contributed by atoms with E-state index >= 15 is 4.39 Å². The molecule has 2 aromatic carbocycles. The van der Waals surface area contributed by atoms with Crippen molar-refractivity contribution in [3.8, 4) is 17.2 Å². The summed E-state index contributed by atoms with van der Waals surface area (Å²) in [6.45, 7) is 4.85. The molecule has 4 aromatic rings. The Balaban J connectivity index is 1.57. The highest BCUT2D eigenvalue weighted by atomic mass is 35.5. The molecule has 1 atom stereocenters. The molecule has 2 aliphatic rings. The lowest BCUT2D eigenvalue weighted by Gasteiger charge is -2.42. The monoisotopic (exact) mass is 552 g/mol. The van der Waals surface area contributed by atoms with Gasteiger partial charge >= 0.3 is 0 Å². The zero-order chi connectivity index (χ0) is 26.9. The van der Waals surface area contributed by atoms with Crippen LogP contribution in [0.5, 0.6) is 0 Å². The van der Waals surface area contributed by atoms with E-state index in [9.17, 15) is 19.2 Å². The van der Waals surface area contributed by atoms with E-state index in [1.54, 1.807) is 14.5 Å². The number of nitrogens with zero attached hydrogens (tertiary/aromatic N) is 5. The van der Waals surface area contributed by atoms with E-state index < -0.39 is 17.5 Å². The van der Waals surface area contributed by atoms with Crippen LogP contribution in [0.3, 0.4) is 0 Å². The van der Waals surface area contributed by atoms with Gasteiger partial charge < -0.3 is 15.5 Å². The van der Waals surface area contributed by atoms with Crippen molar-refractivity contribution in [3.05, 3.63) is 58.8 Å². The predicted molar refractivity (Wildman–Crippen MR) is 141 cm³/mol. The third kappa shape index (κ3) is 3.40. The number of hydrogen-bond donors (Lipinski definition) is 1. The van der Waals surface area contributed by atoms with Crippen LogP contribution < -0.4 is 5.73 Å². The number of hydrogen-bond acceptors (Lipinski definition) is 6. The van der Waals surface area contributed by atoms with Crippen LogP contribution in [0.4, 0.5) is 13.8 Å². The summed E-state index contributed by atoms with van der Waals surface area (Å²) in [5.41, 5.74) is 6.75. The van der Waals surface area contributed by atoms with Gasteiger partial charge in [0, 0.05) is 37.1 Å². The number of carbonyl (C=O) groups excluding carboxylic acids is 2. The predicted octanol–water partition coefficient (Wildman–Crippen LogP) is 4.55. The van der Waals surface area contributed by atoms with Crippen molar-refractivity contribution < 1.29 is 18.4 Å². The molecule has 0 bridgehead atoms. The number of fused-ring (bicyclic) bond motifs is 2. The third-order valence-electron chi connectivity index (χ3n) is 7.26. The quantitative estimate of drug-likeness (QED) is 0.367. The highest BCUT2D eigenvalue weighted by Gasteiger charge is 2.37. The van der Waals surface area contributed by atoms with Gasteiger partial charge in [0.2, 0.25) is 5.91 Å². The number of piperazine rings is 1. The van der Waals surface area contributed by atoms with Crippen molar-refractivity contribution in [2.45, 2.75) is 19.0 Å². The Bertz CT molecular complexity index is 1760. The van der Waals surface area contributed by atoms with Crippen molar-refractivity contribution >= 4 is 60.7 Å². The summed E-state index contributed by atoms with van der Waals surface area (Å²) in [6.07, 6.45) is 1.74. The second-order valence-corrected chi connectivity index (χ2v) is 10.6. The lowest BCUT2D eigenvalue weighted by Crippen LogP contribution is -2.57. The van der Waals surface area contributed by atoms with Crippen LogP contribution in [0.2, 0.25) is 5.15 Å².